The standard InChI is InChI=1S/C6H4BrCl3Si/c7-5-3-1-2-4-6(5)11(8,9)10/h1-4H. The molecular formula is C6H4BrCl3Si. The van der Waals surface area contributed by atoms with Crippen LogP contribution < -0.4 is 5.19 Å². The predicted octanol–water partition coefficient (Wildman–Crippen LogP) is 3.31. The first-order chi connectivity index (χ1) is 5.02. The van der Waals surface area contributed by atoms with Crippen LogP contribution >= 0.6 is 49.2 Å². The first-order valence-corrected chi connectivity index (χ1v) is 8.66. The van der Waals surface area contributed by atoms with E-state index in [9.17, 15) is 0 Å². The highest BCUT2D eigenvalue weighted by Crippen LogP contribution is 2.23. The zero-order chi connectivity index (χ0) is 8.48. The zero-order valence-corrected chi connectivity index (χ0v) is 10.2. The molecule has 0 aliphatic carbocycles. The molecule has 0 aliphatic rings. The molecule has 0 N–H and O–H groups in total. The lowest BCUT2D eigenvalue weighted by molar-refractivity contribution is 1.71. The van der Waals surface area contributed by atoms with Crippen LogP contribution in [0.1, 0.15) is 0 Å². The predicted molar refractivity (Wildman–Crippen MR) is 57.1 cm³/mol. The Morgan fingerprint density at radius 2 is 1.64 bits per heavy atom. The van der Waals surface area contributed by atoms with Crippen molar-refractivity contribution in [2.45, 2.75) is 0 Å². The molecule has 0 aliphatic heterocycles. The summed E-state index contributed by atoms with van der Waals surface area (Å²) in [4.78, 5) is 0. The lowest BCUT2D eigenvalue weighted by atomic mass is 10.4. The SMILES string of the molecule is Cl[Si](Cl)(Cl)c1ccccc1Br. The van der Waals surface area contributed by atoms with E-state index in [0.29, 0.717) is 0 Å². The highest BCUT2D eigenvalue weighted by atomic mass is 79.9. The molecule has 60 valence electrons. The third-order valence-electron chi connectivity index (χ3n) is 1.18. The maximum atomic E-state index is 5.80. The maximum absolute atomic E-state index is 5.80. The second kappa shape index (κ2) is 3.67. The van der Waals surface area contributed by atoms with Crippen LogP contribution in [0, 0.1) is 0 Å². The molecule has 0 saturated carbocycles. The average Bonchev–Trinajstić information content (AvgIpc) is 1.86. The van der Waals surface area contributed by atoms with Gasteiger partial charge in [0.05, 0.1) is 0 Å². The topological polar surface area (TPSA) is 0 Å². The molecule has 0 amide bonds. The number of hydrogen-bond acceptors (Lipinski definition) is 0. The Morgan fingerprint density at radius 1 is 1.09 bits per heavy atom. The third kappa shape index (κ3) is 2.63. The summed E-state index contributed by atoms with van der Waals surface area (Å²) in [6.07, 6.45) is 0. The van der Waals surface area contributed by atoms with Crippen LogP contribution in [0.2, 0.25) is 0 Å². The van der Waals surface area contributed by atoms with Gasteiger partial charge in [-0.25, -0.2) is 0 Å². The number of halogens is 4. The van der Waals surface area contributed by atoms with Gasteiger partial charge in [0.15, 0.2) is 0 Å². The summed E-state index contributed by atoms with van der Waals surface area (Å²) in [7, 11) is 0. The Labute approximate surface area is 88.7 Å². The molecule has 5 heteroatoms. The molecule has 1 rings (SSSR count). The lowest BCUT2D eigenvalue weighted by Gasteiger charge is -2.09. The van der Waals surface area contributed by atoms with Gasteiger partial charge < -0.3 is 0 Å². The van der Waals surface area contributed by atoms with Crippen molar-refractivity contribution >= 4 is 60.4 Å². The average molecular weight is 290 g/mol. The van der Waals surface area contributed by atoms with Gasteiger partial charge in [0.2, 0.25) is 0 Å². The highest BCUT2D eigenvalue weighted by Gasteiger charge is 2.29. The molecule has 1 aromatic carbocycles. The van der Waals surface area contributed by atoms with Gasteiger partial charge >= 0.3 is 6.00 Å². The molecule has 0 saturated heterocycles. The Balaban J connectivity index is 3.14. The Bertz CT molecular complexity index is 258. The Hall–Kier alpha value is 0.787. The molecule has 0 spiro atoms. The molecule has 1 aromatic rings. The summed E-state index contributed by atoms with van der Waals surface area (Å²) >= 11 is 20.7. The van der Waals surface area contributed by atoms with Gasteiger partial charge in [-0.05, 0) is 11.3 Å². The van der Waals surface area contributed by atoms with Crippen LogP contribution in [-0.4, -0.2) is 6.00 Å². The van der Waals surface area contributed by atoms with Crippen LogP contribution in [0.3, 0.4) is 0 Å². The van der Waals surface area contributed by atoms with Crippen molar-refractivity contribution in [2.75, 3.05) is 0 Å². The second-order valence-corrected chi connectivity index (χ2v) is 11.2. The van der Waals surface area contributed by atoms with Crippen molar-refractivity contribution in [2.24, 2.45) is 0 Å². The van der Waals surface area contributed by atoms with Gasteiger partial charge in [-0.15, -0.1) is 33.2 Å². The summed E-state index contributed by atoms with van der Waals surface area (Å²) in [6, 6.07) is 4.72. The molecule has 0 unspecified atom stereocenters. The number of benzene rings is 1. The minimum absolute atomic E-state index is 0.796. The first-order valence-electron chi connectivity index (χ1n) is 2.83. The summed E-state index contributed by atoms with van der Waals surface area (Å²) in [5, 5.41) is 0.796. The lowest BCUT2D eigenvalue weighted by Crippen LogP contribution is -2.30. The van der Waals surface area contributed by atoms with E-state index in [0.717, 1.165) is 9.66 Å². The molecule has 0 nitrogen and oxygen atoms in total. The van der Waals surface area contributed by atoms with Crippen molar-refractivity contribution in [1.82, 2.24) is 0 Å². The fourth-order valence-electron chi connectivity index (χ4n) is 0.691. The number of rotatable bonds is 1. The van der Waals surface area contributed by atoms with E-state index < -0.39 is 6.00 Å². The molecule has 0 bridgehead atoms. The number of hydrogen-bond donors (Lipinski definition) is 0. The molecule has 0 aromatic heterocycles. The van der Waals surface area contributed by atoms with E-state index in [1.165, 1.54) is 0 Å². The van der Waals surface area contributed by atoms with Crippen LogP contribution in [-0.2, 0) is 0 Å². The smallest absolute Gasteiger partial charge is 0.121 e. The van der Waals surface area contributed by atoms with Crippen LogP contribution in [0.15, 0.2) is 28.7 Å². The monoisotopic (exact) mass is 288 g/mol. The van der Waals surface area contributed by atoms with Crippen molar-refractivity contribution < 1.29 is 0 Å². The van der Waals surface area contributed by atoms with E-state index in [1.807, 2.05) is 24.3 Å². The fourth-order valence-corrected chi connectivity index (χ4v) is 5.02. The molecule has 0 fully saturated rings. The second-order valence-electron chi connectivity index (χ2n) is 1.98. The van der Waals surface area contributed by atoms with Crippen molar-refractivity contribution in [1.29, 1.82) is 0 Å². The third-order valence-corrected chi connectivity index (χ3v) is 5.12. The van der Waals surface area contributed by atoms with Gasteiger partial charge in [-0.2, -0.15) is 0 Å². The van der Waals surface area contributed by atoms with Crippen LogP contribution in [0.25, 0.3) is 0 Å². The van der Waals surface area contributed by atoms with Gasteiger partial charge in [0.1, 0.15) is 0 Å². The molecular weight excluding hydrogens is 286 g/mol. The molecule has 0 heterocycles. The van der Waals surface area contributed by atoms with Gasteiger partial charge in [-0.3, -0.25) is 0 Å². The summed E-state index contributed by atoms with van der Waals surface area (Å²) in [6.45, 7) is 0. The van der Waals surface area contributed by atoms with Crippen molar-refractivity contribution in [3.63, 3.8) is 0 Å². The molecule has 0 atom stereocenters. The van der Waals surface area contributed by atoms with E-state index in [4.69, 9.17) is 33.2 Å². The zero-order valence-electron chi connectivity index (χ0n) is 5.32. The van der Waals surface area contributed by atoms with Crippen molar-refractivity contribution in [3.8, 4) is 0 Å². The summed E-state index contributed by atoms with van der Waals surface area (Å²) in [5.74, 6) is 0. The fraction of sp³-hybridized carbons (Fsp3) is 0. The Kier molecular flexibility index (Phi) is 3.29. The maximum Gasteiger partial charge on any atom is 0.374 e. The highest BCUT2D eigenvalue weighted by molar-refractivity contribution is 9.10. The largest absolute Gasteiger partial charge is 0.374 e. The summed E-state index contributed by atoms with van der Waals surface area (Å²) in [5.41, 5.74) is 0. The van der Waals surface area contributed by atoms with E-state index >= 15 is 0 Å². The first kappa shape index (κ1) is 9.87. The van der Waals surface area contributed by atoms with Gasteiger partial charge in [0, 0.05) is 4.47 Å². The van der Waals surface area contributed by atoms with Crippen molar-refractivity contribution in [3.05, 3.63) is 28.7 Å². The molecule has 0 radical (unpaired) electrons. The normalized spacial score (nSPS) is 11.6. The minimum Gasteiger partial charge on any atom is -0.121 e. The van der Waals surface area contributed by atoms with Gasteiger partial charge in [0.25, 0.3) is 0 Å². The van der Waals surface area contributed by atoms with Gasteiger partial charge in [-0.1, -0.05) is 34.1 Å². The van der Waals surface area contributed by atoms with E-state index in [2.05, 4.69) is 15.9 Å². The quantitative estimate of drug-likeness (QED) is 0.550. The summed E-state index contributed by atoms with van der Waals surface area (Å²) < 4.78 is 0.867. The van der Waals surface area contributed by atoms with E-state index in [-0.39, 0.29) is 0 Å². The molecule has 11 heavy (non-hydrogen) atoms. The van der Waals surface area contributed by atoms with E-state index in [1.54, 1.807) is 0 Å². The minimum atomic E-state index is -2.71. The van der Waals surface area contributed by atoms with Crippen LogP contribution in [0.4, 0.5) is 0 Å². The van der Waals surface area contributed by atoms with Crippen LogP contribution in [0.5, 0.6) is 0 Å². The Morgan fingerprint density at radius 3 is 2.00 bits per heavy atom.